The van der Waals surface area contributed by atoms with Crippen molar-refractivity contribution in [3.63, 3.8) is 0 Å². The number of hydrogen-bond donors (Lipinski definition) is 1. The van der Waals surface area contributed by atoms with Crippen molar-refractivity contribution >= 4 is 17.6 Å². The number of anilines is 1. The molecule has 1 N–H and O–H groups in total. The monoisotopic (exact) mass is 359 g/mol. The maximum atomic E-state index is 13.0. The highest BCUT2D eigenvalue weighted by Gasteiger charge is 2.38. The number of urea groups is 1. The van der Waals surface area contributed by atoms with Gasteiger partial charge in [0.25, 0.3) is 0 Å². The van der Waals surface area contributed by atoms with Crippen molar-refractivity contribution in [1.29, 1.82) is 0 Å². The zero-order valence-electron chi connectivity index (χ0n) is 13.8. The van der Waals surface area contributed by atoms with E-state index in [-0.39, 0.29) is 17.5 Å². The summed E-state index contributed by atoms with van der Waals surface area (Å²) >= 11 is 0. The molecule has 1 aromatic rings. The molecule has 0 unspecified atom stereocenters. The summed E-state index contributed by atoms with van der Waals surface area (Å²) in [6.07, 6.45) is -1.08. The number of halogens is 3. The summed E-state index contributed by atoms with van der Waals surface area (Å²) in [5, 5.41) is 5.66. The highest BCUT2D eigenvalue weighted by molar-refractivity contribution is 5.90. The fraction of sp³-hybridized carbons (Fsp3) is 0.667. The van der Waals surface area contributed by atoms with Crippen LogP contribution in [0.4, 0.5) is 23.7 Å². The largest absolute Gasteiger partial charge is 0.437 e. The molecule has 1 aromatic heterocycles. The number of rotatable bonds is 2. The Hall–Kier alpha value is -2.26. The number of amides is 3. The predicted octanol–water partition coefficient (Wildman–Crippen LogP) is 1.92. The van der Waals surface area contributed by atoms with Gasteiger partial charge in [0, 0.05) is 45.3 Å². The lowest BCUT2D eigenvalue weighted by atomic mass is 10.3. The van der Waals surface area contributed by atoms with Crippen LogP contribution in [0.1, 0.15) is 25.0 Å². The van der Waals surface area contributed by atoms with Gasteiger partial charge in [-0.15, -0.1) is 0 Å². The number of nitrogens with one attached hydrogen (secondary N) is 1. The second-order valence-corrected chi connectivity index (χ2v) is 6.43. The third kappa shape index (κ3) is 4.05. The van der Waals surface area contributed by atoms with Crippen LogP contribution >= 0.6 is 0 Å². The Bertz CT molecular complexity index is 669. The lowest BCUT2D eigenvalue weighted by Gasteiger charge is -2.22. The fourth-order valence-electron chi connectivity index (χ4n) is 2.91. The topological polar surface area (TPSA) is 70.5 Å². The molecule has 2 heterocycles. The van der Waals surface area contributed by atoms with Crippen molar-refractivity contribution in [3.8, 4) is 0 Å². The van der Waals surface area contributed by atoms with Crippen LogP contribution in [-0.4, -0.2) is 57.7 Å². The van der Waals surface area contributed by atoms with E-state index in [1.807, 2.05) is 0 Å². The average Bonchev–Trinajstić information content (AvgIpc) is 3.32. The summed E-state index contributed by atoms with van der Waals surface area (Å²) in [5.74, 6) is 0.235. The van der Waals surface area contributed by atoms with E-state index in [1.54, 1.807) is 4.90 Å². The number of aromatic nitrogens is 2. The first-order valence-electron chi connectivity index (χ1n) is 8.21. The summed E-state index contributed by atoms with van der Waals surface area (Å²) in [5.41, 5.74) is -1.49. The van der Waals surface area contributed by atoms with Crippen molar-refractivity contribution in [3.05, 3.63) is 11.9 Å². The van der Waals surface area contributed by atoms with Gasteiger partial charge in [-0.05, 0) is 19.3 Å². The van der Waals surface area contributed by atoms with Gasteiger partial charge in [0.1, 0.15) is 0 Å². The molecule has 1 aliphatic carbocycles. The Balaban J connectivity index is 1.63. The molecule has 1 aliphatic heterocycles. The smallest absolute Gasteiger partial charge is 0.341 e. The lowest BCUT2D eigenvalue weighted by molar-refractivity contribution is -0.140. The van der Waals surface area contributed by atoms with Crippen LogP contribution in [0.5, 0.6) is 0 Å². The van der Waals surface area contributed by atoms with Gasteiger partial charge in [0.2, 0.25) is 5.91 Å². The third-order valence-electron chi connectivity index (χ3n) is 4.36. The lowest BCUT2D eigenvalue weighted by Crippen LogP contribution is -2.39. The van der Waals surface area contributed by atoms with Crippen LogP contribution in [-0.2, 0) is 18.0 Å². The van der Waals surface area contributed by atoms with Gasteiger partial charge in [0.05, 0.1) is 5.69 Å². The average molecular weight is 359 g/mol. The van der Waals surface area contributed by atoms with E-state index in [1.165, 1.54) is 11.9 Å². The molecule has 3 rings (SSSR count). The molecule has 2 fully saturated rings. The number of carbonyl (C=O) groups is 2. The molecule has 0 atom stereocenters. The van der Waals surface area contributed by atoms with Crippen molar-refractivity contribution in [1.82, 2.24) is 19.6 Å². The first-order chi connectivity index (χ1) is 11.8. The molecule has 2 aliphatic rings. The quantitative estimate of drug-likeness (QED) is 0.877. The number of alkyl halides is 3. The van der Waals surface area contributed by atoms with Crippen LogP contribution in [0, 0.1) is 5.92 Å². The Kier molecular flexibility index (Phi) is 4.61. The van der Waals surface area contributed by atoms with Crippen LogP contribution in [0.15, 0.2) is 6.20 Å². The number of aryl methyl sites for hydroxylation is 1. The van der Waals surface area contributed by atoms with Crippen molar-refractivity contribution in [2.75, 3.05) is 31.5 Å². The summed E-state index contributed by atoms with van der Waals surface area (Å²) < 4.78 is 39.9. The van der Waals surface area contributed by atoms with Crippen LogP contribution < -0.4 is 5.32 Å². The van der Waals surface area contributed by atoms with E-state index >= 15 is 0 Å². The van der Waals surface area contributed by atoms with Gasteiger partial charge in [-0.2, -0.15) is 18.3 Å². The standard InChI is InChI=1S/C15H20F3N5O2/c1-21-9-11(12(20-21)15(16,17)18)19-14(25)23-6-2-5-22(7-8-23)13(24)10-3-4-10/h9-10H,2-8H2,1H3,(H,19,25). The minimum Gasteiger partial charge on any atom is -0.341 e. The minimum atomic E-state index is -4.64. The number of nitrogens with zero attached hydrogens (tertiary/aromatic N) is 4. The van der Waals surface area contributed by atoms with E-state index in [0.29, 0.717) is 32.6 Å². The molecule has 0 radical (unpaired) electrons. The highest BCUT2D eigenvalue weighted by atomic mass is 19.4. The molecule has 3 amide bonds. The van der Waals surface area contributed by atoms with E-state index in [9.17, 15) is 22.8 Å². The first-order valence-corrected chi connectivity index (χ1v) is 8.21. The van der Waals surface area contributed by atoms with E-state index < -0.39 is 17.9 Å². The van der Waals surface area contributed by atoms with Gasteiger partial charge < -0.3 is 15.1 Å². The molecule has 0 bridgehead atoms. The van der Waals surface area contributed by atoms with Gasteiger partial charge in [-0.25, -0.2) is 4.79 Å². The van der Waals surface area contributed by atoms with Gasteiger partial charge >= 0.3 is 12.2 Å². The third-order valence-corrected chi connectivity index (χ3v) is 4.36. The number of carbonyl (C=O) groups excluding carboxylic acids is 2. The van der Waals surface area contributed by atoms with Crippen molar-refractivity contribution in [2.45, 2.75) is 25.4 Å². The summed E-state index contributed by atoms with van der Waals surface area (Å²) in [4.78, 5) is 27.6. The zero-order chi connectivity index (χ0) is 18.2. The van der Waals surface area contributed by atoms with Crippen LogP contribution in [0.25, 0.3) is 0 Å². The molecule has 1 saturated heterocycles. The Labute approximate surface area is 142 Å². The van der Waals surface area contributed by atoms with Crippen molar-refractivity contribution in [2.24, 2.45) is 13.0 Å². The first kappa shape index (κ1) is 17.6. The fourth-order valence-corrected chi connectivity index (χ4v) is 2.91. The molecule has 138 valence electrons. The molecule has 10 heteroatoms. The van der Waals surface area contributed by atoms with E-state index in [0.717, 1.165) is 23.7 Å². The molecular weight excluding hydrogens is 339 g/mol. The number of hydrogen-bond acceptors (Lipinski definition) is 3. The Morgan fingerprint density at radius 3 is 2.44 bits per heavy atom. The van der Waals surface area contributed by atoms with Gasteiger partial charge in [-0.3, -0.25) is 9.48 Å². The molecular formula is C15H20F3N5O2. The second kappa shape index (κ2) is 6.57. The molecule has 1 saturated carbocycles. The normalized spacial score (nSPS) is 18.9. The predicted molar refractivity (Wildman–Crippen MR) is 82.7 cm³/mol. The molecule has 0 spiro atoms. The highest BCUT2D eigenvalue weighted by Crippen LogP contribution is 2.33. The molecule has 7 nitrogen and oxygen atoms in total. The van der Waals surface area contributed by atoms with E-state index in [4.69, 9.17) is 0 Å². The second-order valence-electron chi connectivity index (χ2n) is 6.43. The molecule has 0 aromatic carbocycles. The van der Waals surface area contributed by atoms with Crippen molar-refractivity contribution < 1.29 is 22.8 Å². The minimum absolute atomic E-state index is 0.116. The van der Waals surface area contributed by atoms with Crippen LogP contribution in [0.3, 0.4) is 0 Å². The van der Waals surface area contributed by atoms with Crippen LogP contribution in [0.2, 0.25) is 0 Å². The maximum Gasteiger partial charge on any atom is 0.437 e. The zero-order valence-corrected chi connectivity index (χ0v) is 13.8. The Morgan fingerprint density at radius 2 is 1.80 bits per heavy atom. The van der Waals surface area contributed by atoms with E-state index in [2.05, 4.69) is 10.4 Å². The summed E-state index contributed by atoms with van der Waals surface area (Å²) in [7, 11) is 1.36. The SMILES string of the molecule is Cn1cc(NC(=O)N2CCCN(C(=O)C3CC3)CC2)c(C(F)(F)F)n1. The summed E-state index contributed by atoms with van der Waals surface area (Å²) in [6, 6.07) is -0.612. The maximum absolute atomic E-state index is 13.0. The molecule has 25 heavy (non-hydrogen) atoms. The van der Waals surface area contributed by atoms with Gasteiger partial charge in [0.15, 0.2) is 5.69 Å². The van der Waals surface area contributed by atoms with Gasteiger partial charge in [-0.1, -0.05) is 0 Å². The Morgan fingerprint density at radius 1 is 1.16 bits per heavy atom. The summed E-state index contributed by atoms with van der Waals surface area (Å²) in [6.45, 7) is 1.66.